The number of hydrazine groups is 1. The number of amides is 1. The van der Waals surface area contributed by atoms with Gasteiger partial charge in [0.2, 0.25) is 5.91 Å². The van der Waals surface area contributed by atoms with Gasteiger partial charge in [0.25, 0.3) is 0 Å². The van der Waals surface area contributed by atoms with E-state index in [2.05, 4.69) is 52.7 Å². The van der Waals surface area contributed by atoms with E-state index in [-0.39, 0.29) is 29.0 Å². The molecule has 2 aromatic rings. The maximum atomic E-state index is 12.1. The number of esters is 1. The first-order valence-corrected chi connectivity index (χ1v) is 15.7. The highest BCUT2D eigenvalue weighted by Gasteiger charge is 2.70. The quantitative estimate of drug-likeness (QED) is 0.293. The molecule has 5 aliphatic rings. The number of benzene rings is 2. The summed E-state index contributed by atoms with van der Waals surface area (Å²) in [5.74, 6) is 0.732. The predicted molar refractivity (Wildman–Crippen MR) is 163 cm³/mol. The van der Waals surface area contributed by atoms with Crippen molar-refractivity contribution >= 4 is 11.9 Å². The van der Waals surface area contributed by atoms with Gasteiger partial charge in [-0.2, -0.15) is 0 Å². The minimum absolute atomic E-state index is 0.00198. The third kappa shape index (κ3) is 5.15. The molecule has 2 bridgehead atoms. The van der Waals surface area contributed by atoms with Crippen molar-refractivity contribution < 1.29 is 19.4 Å². The standard InChI is InChI=1S/C20H23NO3.C15H22N2O/c1-12(22)24-15-7-6-13-9-19-10-20(16(13)17(15)23)8-4-3-5-14(20)18(19)21(2)11-19;1-13(12-14-8-4-2-5-9-14)15(18)16-17-10-6-3-7-11-17/h3,5-7,14,18,23H,4,8-11H2,1-2H3;2,4-5,8-9,13H,3,6-7,10-12H2,1H3,(H,16,18). The summed E-state index contributed by atoms with van der Waals surface area (Å²) in [6.45, 7) is 6.50. The highest BCUT2D eigenvalue weighted by atomic mass is 16.5. The molecular formula is C35H45N3O4. The Morgan fingerprint density at radius 3 is 2.60 bits per heavy atom. The molecule has 7 rings (SSSR count). The van der Waals surface area contributed by atoms with Crippen LogP contribution in [0.25, 0.3) is 0 Å². The Labute approximate surface area is 249 Å². The fourth-order valence-electron chi connectivity index (χ4n) is 8.90. The zero-order valence-corrected chi connectivity index (χ0v) is 25.3. The number of carbonyl (C=O) groups excluding carboxylic acids is 2. The molecule has 42 heavy (non-hydrogen) atoms. The molecule has 2 spiro atoms. The minimum Gasteiger partial charge on any atom is -0.504 e. The normalized spacial score (nSPS) is 30.0. The number of fused-ring (bicyclic) bond motifs is 2. The largest absolute Gasteiger partial charge is 0.504 e. The summed E-state index contributed by atoms with van der Waals surface area (Å²) in [6, 6.07) is 14.6. The molecule has 1 amide bonds. The summed E-state index contributed by atoms with van der Waals surface area (Å²) in [7, 11) is 2.22. The third-order valence-electron chi connectivity index (χ3n) is 10.4. The Balaban J connectivity index is 0.000000158. The topological polar surface area (TPSA) is 82.1 Å². The van der Waals surface area contributed by atoms with Crippen LogP contribution < -0.4 is 10.2 Å². The number of nitrogens with zero attached hydrogens (tertiary/aromatic N) is 2. The second-order valence-electron chi connectivity index (χ2n) is 13.4. The number of likely N-dealkylation sites (tertiary alicyclic amines) is 1. The van der Waals surface area contributed by atoms with Gasteiger partial charge < -0.3 is 14.7 Å². The summed E-state index contributed by atoms with van der Waals surface area (Å²) in [5, 5.41) is 13.0. The number of phenolic OH excluding ortho intramolecular Hbond substituents is 1. The summed E-state index contributed by atoms with van der Waals surface area (Å²) >= 11 is 0. The van der Waals surface area contributed by atoms with E-state index >= 15 is 0 Å². The van der Waals surface area contributed by atoms with Crippen LogP contribution in [0.4, 0.5) is 0 Å². The lowest BCUT2D eigenvalue weighted by molar-refractivity contribution is -0.132. The molecule has 7 nitrogen and oxygen atoms in total. The summed E-state index contributed by atoms with van der Waals surface area (Å²) < 4.78 is 5.27. The molecule has 0 aromatic heterocycles. The van der Waals surface area contributed by atoms with Gasteiger partial charge >= 0.3 is 5.97 Å². The second-order valence-corrected chi connectivity index (χ2v) is 13.4. The predicted octanol–water partition coefficient (Wildman–Crippen LogP) is 5.16. The fraction of sp³-hybridized carbons (Fsp3) is 0.543. The molecule has 2 aliphatic heterocycles. The van der Waals surface area contributed by atoms with E-state index in [1.165, 1.54) is 37.3 Å². The van der Waals surface area contributed by atoms with Gasteiger partial charge in [0.15, 0.2) is 11.5 Å². The lowest BCUT2D eigenvalue weighted by Crippen LogP contribution is -2.62. The smallest absolute Gasteiger partial charge is 0.308 e. The van der Waals surface area contributed by atoms with Gasteiger partial charge in [-0.1, -0.05) is 61.9 Å². The van der Waals surface area contributed by atoms with Gasteiger partial charge in [-0.15, -0.1) is 0 Å². The van der Waals surface area contributed by atoms with Crippen LogP contribution in [0.3, 0.4) is 0 Å². The van der Waals surface area contributed by atoms with Crippen molar-refractivity contribution in [3.8, 4) is 11.5 Å². The van der Waals surface area contributed by atoms with E-state index in [4.69, 9.17) is 4.74 Å². The summed E-state index contributed by atoms with van der Waals surface area (Å²) in [4.78, 5) is 25.9. The first-order chi connectivity index (χ1) is 20.2. The highest BCUT2D eigenvalue weighted by Crippen LogP contribution is 2.70. The Morgan fingerprint density at radius 2 is 1.88 bits per heavy atom. The zero-order valence-electron chi connectivity index (χ0n) is 25.3. The van der Waals surface area contributed by atoms with Gasteiger partial charge in [-0.3, -0.25) is 15.0 Å². The van der Waals surface area contributed by atoms with Crippen LogP contribution in [0.5, 0.6) is 11.5 Å². The van der Waals surface area contributed by atoms with E-state index in [1.54, 1.807) is 6.07 Å². The van der Waals surface area contributed by atoms with Gasteiger partial charge in [0.05, 0.1) is 0 Å². The summed E-state index contributed by atoms with van der Waals surface area (Å²) in [5.41, 5.74) is 6.92. The van der Waals surface area contributed by atoms with Crippen molar-refractivity contribution in [1.82, 2.24) is 15.3 Å². The first-order valence-electron chi connectivity index (χ1n) is 15.7. The number of aromatic hydroxyl groups is 1. The van der Waals surface area contributed by atoms with Crippen LogP contribution in [-0.4, -0.2) is 59.6 Å². The molecule has 3 fully saturated rings. The SMILES string of the molecule is CC(=O)Oc1ccc2c(c1O)C13CCC=CC1C1N(C)CC1(C2)C3.CC(Cc1ccccc1)C(=O)NN1CCCCC1. The average Bonchev–Trinajstić information content (AvgIpc) is 3.15. The molecule has 1 saturated carbocycles. The van der Waals surface area contributed by atoms with Crippen molar-refractivity contribution in [2.24, 2.45) is 17.3 Å². The van der Waals surface area contributed by atoms with Crippen molar-refractivity contribution in [2.75, 3.05) is 26.7 Å². The molecule has 5 atom stereocenters. The van der Waals surface area contributed by atoms with Crippen LogP contribution in [-0.2, 0) is 27.8 Å². The van der Waals surface area contributed by atoms with Crippen LogP contribution in [0.15, 0.2) is 54.6 Å². The maximum Gasteiger partial charge on any atom is 0.308 e. The van der Waals surface area contributed by atoms with Gasteiger partial charge in [0.1, 0.15) is 0 Å². The summed E-state index contributed by atoms with van der Waals surface area (Å²) in [6.07, 6.45) is 13.5. The Hall–Kier alpha value is -3.16. The first kappa shape index (κ1) is 28.9. The third-order valence-corrected chi connectivity index (χ3v) is 10.4. The van der Waals surface area contributed by atoms with Crippen molar-refractivity contribution in [2.45, 2.75) is 76.7 Å². The number of phenols is 1. The number of ether oxygens (including phenoxy) is 1. The molecule has 2 N–H and O–H groups in total. The van der Waals surface area contributed by atoms with E-state index in [0.717, 1.165) is 57.3 Å². The fourth-order valence-corrected chi connectivity index (χ4v) is 8.90. The van der Waals surface area contributed by atoms with E-state index in [0.29, 0.717) is 23.1 Å². The van der Waals surface area contributed by atoms with Crippen molar-refractivity contribution in [1.29, 1.82) is 0 Å². The number of hydrogen-bond donors (Lipinski definition) is 2. The van der Waals surface area contributed by atoms with Gasteiger partial charge in [-0.25, -0.2) is 5.01 Å². The molecular weight excluding hydrogens is 526 g/mol. The Morgan fingerprint density at radius 1 is 1.12 bits per heavy atom. The van der Waals surface area contributed by atoms with E-state index < -0.39 is 0 Å². The van der Waals surface area contributed by atoms with Crippen molar-refractivity contribution in [3.63, 3.8) is 0 Å². The van der Waals surface area contributed by atoms with Crippen molar-refractivity contribution in [3.05, 3.63) is 71.3 Å². The average molecular weight is 572 g/mol. The number of piperidine rings is 1. The van der Waals surface area contributed by atoms with Crippen LogP contribution in [0.1, 0.15) is 69.1 Å². The van der Waals surface area contributed by atoms with Gasteiger partial charge in [-0.05, 0) is 69.2 Å². The molecule has 2 heterocycles. The Kier molecular flexibility index (Phi) is 7.92. The lowest BCUT2D eigenvalue weighted by Gasteiger charge is -2.54. The molecule has 2 aromatic carbocycles. The number of hydrogen-bond acceptors (Lipinski definition) is 6. The second kappa shape index (κ2) is 11.5. The molecule has 2 saturated heterocycles. The number of allylic oxidation sites excluding steroid dienone is 1. The Bertz CT molecular complexity index is 1350. The molecule has 7 heteroatoms. The number of rotatable bonds is 5. The molecule has 0 radical (unpaired) electrons. The molecule has 224 valence electrons. The van der Waals surface area contributed by atoms with Crippen LogP contribution in [0, 0.1) is 17.3 Å². The highest BCUT2D eigenvalue weighted by molar-refractivity contribution is 5.78. The number of nitrogens with one attached hydrogen (secondary N) is 1. The van der Waals surface area contributed by atoms with Crippen LogP contribution in [0.2, 0.25) is 0 Å². The lowest BCUT2D eigenvalue weighted by atomic mass is 9.60. The van der Waals surface area contributed by atoms with E-state index in [9.17, 15) is 14.7 Å². The monoisotopic (exact) mass is 571 g/mol. The van der Waals surface area contributed by atoms with E-state index in [1.807, 2.05) is 25.1 Å². The van der Waals surface area contributed by atoms with Crippen LogP contribution >= 0.6 is 0 Å². The number of carbonyl (C=O) groups is 2. The molecule has 3 aliphatic carbocycles. The zero-order chi connectivity index (χ0) is 29.5. The van der Waals surface area contributed by atoms with Gasteiger partial charge in [0, 0.05) is 60.8 Å². The minimum atomic E-state index is -0.388. The maximum absolute atomic E-state index is 12.1. The molecule has 5 unspecified atom stereocenters.